The van der Waals surface area contributed by atoms with Crippen LogP contribution in [0.5, 0.6) is 0 Å². The monoisotopic (exact) mass is 177 g/mol. The van der Waals surface area contributed by atoms with Crippen LogP contribution in [0.4, 0.5) is 5.69 Å². The number of hydrogen-bond donors (Lipinski definition) is 1. The standard InChI is InChI=1S/C9H11N3O/c1-12-7-8(5-11-12)10-6-9-3-2-4-13-9/h2-5,7,10H,6H2,1H3. The highest BCUT2D eigenvalue weighted by atomic mass is 16.3. The van der Waals surface area contributed by atoms with Crippen LogP contribution in [0, 0.1) is 0 Å². The summed E-state index contributed by atoms with van der Waals surface area (Å²) in [7, 11) is 1.89. The zero-order valence-corrected chi connectivity index (χ0v) is 7.40. The molecular formula is C9H11N3O. The highest BCUT2D eigenvalue weighted by molar-refractivity contribution is 5.38. The van der Waals surface area contributed by atoms with Crippen LogP contribution in [0.2, 0.25) is 0 Å². The third-order valence-electron chi connectivity index (χ3n) is 1.75. The Labute approximate surface area is 76.2 Å². The molecule has 4 nitrogen and oxygen atoms in total. The molecule has 0 amide bonds. The lowest BCUT2D eigenvalue weighted by Crippen LogP contribution is -1.96. The number of nitrogens with one attached hydrogen (secondary N) is 1. The topological polar surface area (TPSA) is 43.0 Å². The van der Waals surface area contributed by atoms with Gasteiger partial charge in [-0.15, -0.1) is 0 Å². The lowest BCUT2D eigenvalue weighted by Gasteiger charge is -1.98. The lowest BCUT2D eigenvalue weighted by atomic mass is 10.4. The first kappa shape index (κ1) is 7.91. The molecule has 68 valence electrons. The molecule has 0 fully saturated rings. The summed E-state index contributed by atoms with van der Waals surface area (Å²) >= 11 is 0. The molecule has 2 rings (SSSR count). The summed E-state index contributed by atoms with van der Waals surface area (Å²) < 4.78 is 6.93. The summed E-state index contributed by atoms with van der Waals surface area (Å²) in [5.41, 5.74) is 0.999. The second-order valence-electron chi connectivity index (χ2n) is 2.84. The van der Waals surface area contributed by atoms with E-state index in [0.29, 0.717) is 6.54 Å². The van der Waals surface area contributed by atoms with Gasteiger partial charge in [0.2, 0.25) is 0 Å². The fourth-order valence-corrected chi connectivity index (χ4v) is 1.11. The Kier molecular flexibility index (Phi) is 2.04. The van der Waals surface area contributed by atoms with Crippen LogP contribution in [0.1, 0.15) is 5.76 Å². The fourth-order valence-electron chi connectivity index (χ4n) is 1.11. The highest BCUT2D eigenvalue weighted by Gasteiger charge is 1.96. The summed E-state index contributed by atoms with van der Waals surface area (Å²) in [5, 5.41) is 7.23. The van der Waals surface area contributed by atoms with E-state index in [1.54, 1.807) is 17.1 Å². The lowest BCUT2D eigenvalue weighted by molar-refractivity contribution is 0.518. The van der Waals surface area contributed by atoms with Gasteiger partial charge in [-0.3, -0.25) is 4.68 Å². The maximum absolute atomic E-state index is 5.17. The van der Waals surface area contributed by atoms with Crippen molar-refractivity contribution in [2.45, 2.75) is 6.54 Å². The highest BCUT2D eigenvalue weighted by Crippen LogP contribution is 2.07. The van der Waals surface area contributed by atoms with Crippen LogP contribution in [0.3, 0.4) is 0 Å². The van der Waals surface area contributed by atoms with Gasteiger partial charge in [-0.25, -0.2) is 0 Å². The maximum Gasteiger partial charge on any atom is 0.122 e. The number of rotatable bonds is 3. The molecule has 0 aliphatic rings. The largest absolute Gasteiger partial charge is 0.467 e. The molecule has 2 aromatic rings. The molecule has 0 unspecified atom stereocenters. The smallest absolute Gasteiger partial charge is 0.122 e. The van der Waals surface area contributed by atoms with Crippen molar-refractivity contribution in [3.8, 4) is 0 Å². The van der Waals surface area contributed by atoms with E-state index in [9.17, 15) is 0 Å². The molecule has 0 aromatic carbocycles. The summed E-state index contributed by atoms with van der Waals surface area (Å²) in [6.45, 7) is 0.693. The predicted octanol–water partition coefficient (Wildman–Crippen LogP) is 1.63. The van der Waals surface area contributed by atoms with Crippen LogP contribution in [-0.2, 0) is 13.6 Å². The Morgan fingerprint density at radius 3 is 3.15 bits per heavy atom. The molecule has 13 heavy (non-hydrogen) atoms. The van der Waals surface area contributed by atoms with E-state index in [1.165, 1.54) is 0 Å². The number of furan rings is 1. The van der Waals surface area contributed by atoms with Crippen LogP contribution in [-0.4, -0.2) is 9.78 Å². The zero-order valence-electron chi connectivity index (χ0n) is 7.40. The maximum atomic E-state index is 5.17. The number of hydrogen-bond acceptors (Lipinski definition) is 3. The number of anilines is 1. The summed E-state index contributed by atoms with van der Waals surface area (Å²) in [4.78, 5) is 0. The Morgan fingerprint density at radius 1 is 1.62 bits per heavy atom. The van der Waals surface area contributed by atoms with Gasteiger partial charge in [-0.2, -0.15) is 5.10 Å². The minimum Gasteiger partial charge on any atom is -0.467 e. The van der Waals surface area contributed by atoms with Crippen molar-refractivity contribution in [2.75, 3.05) is 5.32 Å². The Hall–Kier alpha value is -1.71. The van der Waals surface area contributed by atoms with E-state index in [0.717, 1.165) is 11.4 Å². The molecule has 0 aliphatic heterocycles. The molecule has 0 aliphatic carbocycles. The molecule has 0 spiro atoms. The van der Waals surface area contributed by atoms with Gasteiger partial charge in [0.1, 0.15) is 5.76 Å². The Balaban J connectivity index is 1.93. The first-order chi connectivity index (χ1) is 6.34. The number of aromatic nitrogens is 2. The second-order valence-corrected chi connectivity index (χ2v) is 2.84. The minimum atomic E-state index is 0.693. The van der Waals surface area contributed by atoms with Crippen molar-refractivity contribution in [1.82, 2.24) is 9.78 Å². The van der Waals surface area contributed by atoms with Gasteiger partial charge in [-0.05, 0) is 12.1 Å². The van der Waals surface area contributed by atoms with E-state index in [2.05, 4.69) is 10.4 Å². The SMILES string of the molecule is Cn1cc(NCc2ccco2)cn1. The van der Waals surface area contributed by atoms with E-state index < -0.39 is 0 Å². The average molecular weight is 177 g/mol. The first-order valence-corrected chi connectivity index (χ1v) is 4.09. The van der Waals surface area contributed by atoms with Crippen molar-refractivity contribution in [3.63, 3.8) is 0 Å². The van der Waals surface area contributed by atoms with Crippen molar-refractivity contribution >= 4 is 5.69 Å². The predicted molar refractivity (Wildman–Crippen MR) is 49.2 cm³/mol. The third kappa shape index (κ3) is 1.90. The van der Waals surface area contributed by atoms with E-state index in [4.69, 9.17) is 4.42 Å². The van der Waals surface area contributed by atoms with Crippen molar-refractivity contribution < 1.29 is 4.42 Å². The van der Waals surface area contributed by atoms with Crippen molar-refractivity contribution in [2.24, 2.45) is 7.05 Å². The van der Waals surface area contributed by atoms with Gasteiger partial charge in [0, 0.05) is 13.2 Å². The van der Waals surface area contributed by atoms with Crippen molar-refractivity contribution in [1.29, 1.82) is 0 Å². The van der Waals surface area contributed by atoms with Gasteiger partial charge in [0.15, 0.2) is 0 Å². The fraction of sp³-hybridized carbons (Fsp3) is 0.222. The molecule has 0 saturated carbocycles. The zero-order chi connectivity index (χ0) is 9.10. The van der Waals surface area contributed by atoms with Crippen LogP contribution in [0.25, 0.3) is 0 Å². The van der Waals surface area contributed by atoms with E-state index in [1.807, 2.05) is 25.4 Å². The molecule has 2 aromatic heterocycles. The summed E-state index contributed by atoms with van der Waals surface area (Å²) in [5.74, 6) is 0.920. The summed E-state index contributed by atoms with van der Waals surface area (Å²) in [6.07, 6.45) is 5.37. The van der Waals surface area contributed by atoms with Crippen LogP contribution < -0.4 is 5.32 Å². The Morgan fingerprint density at radius 2 is 2.54 bits per heavy atom. The average Bonchev–Trinajstić information content (AvgIpc) is 2.71. The molecule has 0 atom stereocenters. The van der Waals surface area contributed by atoms with Gasteiger partial charge < -0.3 is 9.73 Å². The Bertz CT molecular complexity index is 364. The van der Waals surface area contributed by atoms with Crippen LogP contribution >= 0.6 is 0 Å². The van der Waals surface area contributed by atoms with Crippen molar-refractivity contribution in [3.05, 3.63) is 36.5 Å². The van der Waals surface area contributed by atoms with Gasteiger partial charge in [0.25, 0.3) is 0 Å². The molecular weight excluding hydrogens is 166 g/mol. The molecule has 4 heteroatoms. The molecule has 0 saturated heterocycles. The molecule has 2 heterocycles. The van der Waals surface area contributed by atoms with Gasteiger partial charge >= 0.3 is 0 Å². The minimum absolute atomic E-state index is 0.693. The molecule has 0 radical (unpaired) electrons. The summed E-state index contributed by atoms with van der Waals surface area (Å²) in [6, 6.07) is 3.81. The quantitative estimate of drug-likeness (QED) is 0.774. The van der Waals surface area contributed by atoms with Crippen LogP contribution in [0.15, 0.2) is 35.2 Å². The molecule has 0 bridgehead atoms. The normalized spacial score (nSPS) is 10.2. The first-order valence-electron chi connectivity index (χ1n) is 4.09. The van der Waals surface area contributed by atoms with Gasteiger partial charge in [0.05, 0.1) is 24.7 Å². The molecule has 1 N–H and O–H groups in total. The number of nitrogens with zero attached hydrogens (tertiary/aromatic N) is 2. The van der Waals surface area contributed by atoms with E-state index in [-0.39, 0.29) is 0 Å². The second kappa shape index (κ2) is 3.35. The van der Waals surface area contributed by atoms with Gasteiger partial charge in [-0.1, -0.05) is 0 Å². The third-order valence-corrected chi connectivity index (χ3v) is 1.75. The number of aryl methyl sites for hydroxylation is 1. The van der Waals surface area contributed by atoms with E-state index >= 15 is 0 Å².